The molecule has 0 radical (unpaired) electrons. The highest BCUT2D eigenvalue weighted by atomic mass is 16.6. The lowest BCUT2D eigenvalue weighted by Gasteiger charge is -2.32. The van der Waals surface area contributed by atoms with E-state index < -0.39 is 17.5 Å². The molecule has 1 N–H and O–H groups in total. The number of cyclic esters (lactones) is 1. The average molecular weight is 337 g/mol. The summed E-state index contributed by atoms with van der Waals surface area (Å²) in [6.45, 7) is 7.11. The lowest BCUT2D eigenvalue weighted by Crippen LogP contribution is -2.46. The minimum absolute atomic E-state index is 0.113. The second kappa shape index (κ2) is 6.48. The van der Waals surface area contributed by atoms with Crippen molar-refractivity contribution in [2.45, 2.75) is 57.8 Å². The quantitative estimate of drug-likeness (QED) is 0.530. The first-order valence-corrected chi connectivity index (χ1v) is 8.84. The highest BCUT2D eigenvalue weighted by Gasteiger charge is 2.48. The van der Waals surface area contributed by atoms with Crippen LogP contribution < -0.4 is 0 Å². The molecule has 6 heteroatoms. The number of hydrogen-bond acceptors (Lipinski definition) is 6. The molecule has 0 aliphatic carbocycles. The van der Waals surface area contributed by atoms with Crippen molar-refractivity contribution in [3.8, 4) is 0 Å². The monoisotopic (exact) mass is 337 g/mol. The van der Waals surface area contributed by atoms with Crippen molar-refractivity contribution in [2.24, 2.45) is 11.8 Å². The number of carbonyl (C=O) groups excluding carboxylic acids is 2. The van der Waals surface area contributed by atoms with Crippen molar-refractivity contribution < 1.29 is 24.2 Å². The number of esters is 2. The lowest BCUT2D eigenvalue weighted by molar-refractivity contribution is -0.172. The third-order valence-corrected chi connectivity index (χ3v) is 5.97. The van der Waals surface area contributed by atoms with Crippen LogP contribution in [0.5, 0.6) is 0 Å². The maximum atomic E-state index is 12.6. The van der Waals surface area contributed by atoms with Gasteiger partial charge in [0.05, 0.1) is 12.6 Å². The Labute approximate surface area is 142 Å². The Bertz CT molecular complexity index is 556. The van der Waals surface area contributed by atoms with E-state index in [4.69, 9.17) is 9.47 Å². The Kier molecular flexibility index (Phi) is 4.71. The van der Waals surface area contributed by atoms with Crippen molar-refractivity contribution in [3.05, 3.63) is 11.6 Å². The van der Waals surface area contributed by atoms with E-state index in [-0.39, 0.29) is 37.1 Å². The first-order valence-electron chi connectivity index (χ1n) is 8.84. The number of aliphatic hydroxyl groups is 1. The first kappa shape index (κ1) is 17.4. The predicted molar refractivity (Wildman–Crippen MR) is 87.1 cm³/mol. The largest absolute Gasteiger partial charge is 0.463 e. The zero-order valence-corrected chi connectivity index (χ0v) is 14.7. The summed E-state index contributed by atoms with van der Waals surface area (Å²) in [6.07, 6.45) is 3.59. The SMILES string of the molecule is CC=C1C[C@H](C)[C@@](C)(O)C(=O)OC[C@H]2CCN3CC[C@@H](OC1=O)[C@@H]23. The number of allylic oxidation sites excluding steroid dienone is 1. The Morgan fingerprint density at radius 1 is 1.29 bits per heavy atom. The molecule has 3 fully saturated rings. The molecule has 3 heterocycles. The van der Waals surface area contributed by atoms with Gasteiger partial charge in [-0.05, 0) is 45.6 Å². The molecular weight excluding hydrogens is 310 g/mol. The van der Waals surface area contributed by atoms with E-state index in [1.165, 1.54) is 6.92 Å². The van der Waals surface area contributed by atoms with Gasteiger partial charge in [0, 0.05) is 18.0 Å². The minimum Gasteiger partial charge on any atom is -0.463 e. The van der Waals surface area contributed by atoms with Gasteiger partial charge >= 0.3 is 11.9 Å². The van der Waals surface area contributed by atoms with Gasteiger partial charge in [-0.3, -0.25) is 4.90 Å². The first-order chi connectivity index (χ1) is 11.3. The number of nitrogens with zero attached hydrogens (tertiary/aromatic N) is 1. The summed E-state index contributed by atoms with van der Waals surface area (Å²) < 4.78 is 11.3. The van der Waals surface area contributed by atoms with Crippen LogP contribution >= 0.6 is 0 Å². The third-order valence-electron chi connectivity index (χ3n) is 5.97. The van der Waals surface area contributed by atoms with Gasteiger partial charge in [0.15, 0.2) is 5.60 Å². The predicted octanol–water partition coefficient (Wildman–Crippen LogP) is 1.27. The molecule has 3 rings (SSSR count). The van der Waals surface area contributed by atoms with Crippen LogP contribution in [0.1, 0.15) is 40.0 Å². The smallest absolute Gasteiger partial charge is 0.338 e. The molecule has 24 heavy (non-hydrogen) atoms. The van der Waals surface area contributed by atoms with E-state index in [1.807, 2.05) is 0 Å². The Hall–Kier alpha value is -1.40. The normalized spacial score (nSPS) is 42.9. The van der Waals surface area contributed by atoms with Gasteiger partial charge in [-0.25, -0.2) is 9.59 Å². The Morgan fingerprint density at radius 2 is 2.00 bits per heavy atom. The standard InChI is InChI=1S/C18H27NO5/c1-4-12-9-11(2)18(3,22)17(21)23-10-13-5-7-19-8-6-14(15(13)19)24-16(12)20/h4,11,13-15,22H,5-10H2,1-3H3/t11-,13+,14+,15+,18+/m0/s1. The van der Waals surface area contributed by atoms with Crippen molar-refractivity contribution >= 4 is 11.9 Å². The molecule has 0 aromatic rings. The summed E-state index contributed by atoms with van der Waals surface area (Å²) in [5, 5.41) is 10.6. The van der Waals surface area contributed by atoms with Gasteiger partial charge < -0.3 is 14.6 Å². The molecule has 134 valence electrons. The van der Waals surface area contributed by atoms with Gasteiger partial charge in [0.25, 0.3) is 0 Å². The summed E-state index contributed by atoms with van der Waals surface area (Å²) >= 11 is 0. The van der Waals surface area contributed by atoms with Crippen molar-refractivity contribution in [1.29, 1.82) is 0 Å². The van der Waals surface area contributed by atoms with E-state index in [0.717, 1.165) is 25.9 Å². The maximum absolute atomic E-state index is 12.6. The van der Waals surface area contributed by atoms with E-state index in [2.05, 4.69) is 4.90 Å². The molecule has 3 aliphatic heterocycles. The fourth-order valence-electron chi connectivity index (χ4n) is 4.11. The lowest BCUT2D eigenvalue weighted by atomic mass is 9.85. The molecule has 0 spiro atoms. The van der Waals surface area contributed by atoms with Crippen molar-refractivity contribution in [3.63, 3.8) is 0 Å². The zero-order valence-electron chi connectivity index (χ0n) is 14.7. The van der Waals surface area contributed by atoms with Crippen LogP contribution in [0.3, 0.4) is 0 Å². The van der Waals surface area contributed by atoms with E-state index in [1.54, 1.807) is 19.9 Å². The Balaban J connectivity index is 1.89. The third kappa shape index (κ3) is 2.97. The van der Waals surface area contributed by atoms with Crippen LogP contribution in [0, 0.1) is 11.8 Å². The Morgan fingerprint density at radius 3 is 2.71 bits per heavy atom. The molecule has 0 saturated carbocycles. The number of carbonyl (C=O) groups is 2. The van der Waals surface area contributed by atoms with Crippen LogP contribution in [0.4, 0.5) is 0 Å². The van der Waals surface area contributed by atoms with E-state index in [9.17, 15) is 14.7 Å². The summed E-state index contributed by atoms with van der Waals surface area (Å²) in [6, 6.07) is 0.113. The van der Waals surface area contributed by atoms with E-state index >= 15 is 0 Å². The number of ether oxygens (including phenoxy) is 2. The molecular formula is C18H27NO5. The second-order valence-electron chi connectivity index (χ2n) is 7.47. The summed E-state index contributed by atoms with van der Waals surface area (Å²) in [7, 11) is 0. The van der Waals surface area contributed by atoms with Crippen LogP contribution in [-0.4, -0.2) is 59.4 Å². The van der Waals surface area contributed by atoms with Crippen LogP contribution in [0.25, 0.3) is 0 Å². The molecule has 5 atom stereocenters. The molecule has 0 bridgehead atoms. The van der Waals surface area contributed by atoms with Gasteiger partial charge in [0.1, 0.15) is 6.10 Å². The van der Waals surface area contributed by atoms with Gasteiger partial charge in [-0.1, -0.05) is 13.0 Å². The molecule has 3 aliphatic rings. The van der Waals surface area contributed by atoms with Crippen LogP contribution in [-0.2, 0) is 19.1 Å². The molecule has 0 amide bonds. The maximum Gasteiger partial charge on any atom is 0.338 e. The highest BCUT2D eigenvalue weighted by Crippen LogP contribution is 2.36. The number of rotatable bonds is 0. The van der Waals surface area contributed by atoms with Crippen LogP contribution in [0.15, 0.2) is 11.6 Å². The second-order valence-corrected chi connectivity index (χ2v) is 7.47. The summed E-state index contributed by atoms with van der Waals surface area (Å²) in [5.74, 6) is -1.23. The minimum atomic E-state index is -1.62. The van der Waals surface area contributed by atoms with E-state index in [0.29, 0.717) is 5.57 Å². The van der Waals surface area contributed by atoms with Gasteiger partial charge in [-0.2, -0.15) is 0 Å². The fourth-order valence-corrected chi connectivity index (χ4v) is 4.11. The topological polar surface area (TPSA) is 76.1 Å². The van der Waals surface area contributed by atoms with Crippen molar-refractivity contribution in [2.75, 3.05) is 19.7 Å². The molecule has 0 aromatic carbocycles. The molecule has 6 nitrogen and oxygen atoms in total. The number of hydrogen-bond donors (Lipinski definition) is 1. The summed E-state index contributed by atoms with van der Waals surface area (Å²) in [5.41, 5.74) is -1.12. The molecule has 0 aromatic heterocycles. The fraction of sp³-hybridized carbons (Fsp3) is 0.778. The van der Waals surface area contributed by atoms with Crippen molar-refractivity contribution in [1.82, 2.24) is 4.90 Å². The van der Waals surface area contributed by atoms with Gasteiger partial charge in [0.2, 0.25) is 0 Å². The average Bonchev–Trinajstić information content (AvgIpc) is 3.12. The highest BCUT2D eigenvalue weighted by molar-refractivity contribution is 5.89. The molecule has 3 saturated heterocycles. The summed E-state index contributed by atoms with van der Waals surface area (Å²) in [4.78, 5) is 27.3. The molecule has 0 unspecified atom stereocenters. The zero-order chi connectivity index (χ0) is 17.5. The van der Waals surface area contributed by atoms with Gasteiger partial charge in [-0.15, -0.1) is 0 Å². The van der Waals surface area contributed by atoms with Crippen LogP contribution in [0.2, 0.25) is 0 Å².